The molecule has 1 aromatic carbocycles. The Morgan fingerprint density at radius 3 is 2.38 bits per heavy atom. The molecule has 1 aromatic rings. The van der Waals surface area contributed by atoms with Gasteiger partial charge < -0.3 is 4.90 Å². The molecule has 5 heteroatoms. The molecule has 0 bridgehead atoms. The van der Waals surface area contributed by atoms with Gasteiger partial charge in [-0.1, -0.05) is 12.5 Å². The molecule has 4 nitrogen and oxygen atoms in total. The van der Waals surface area contributed by atoms with Gasteiger partial charge in [-0.25, -0.2) is 8.42 Å². The molecule has 0 radical (unpaired) electrons. The number of aryl methyl sites for hydroxylation is 2. The number of benzene rings is 1. The van der Waals surface area contributed by atoms with Crippen LogP contribution in [-0.4, -0.2) is 50.8 Å². The molecular weight excluding hydrogens is 284 g/mol. The summed E-state index contributed by atoms with van der Waals surface area (Å²) < 4.78 is 26.6. The summed E-state index contributed by atoms with van der Waals surface area (Å²) in [6, 6.07) is 5.35. The predicted molar refractivity (Wildman–Crippen MR) is 86.0 cm³/mol. The van der Waals surface area contributed by atoms with Crippen molar-refractivity contribution < 1.29 is 8.42 Å². The molecule has 1 fully saturated rings. The van der Waals surface area contributed by atoms with E-state index in [2.05, 4.69) is 4.90 Å². The maximum Gasteiger partial charge on any atom is 0.242 e. The van der Waals surface area contributed by atoms with Gasteiger partial charge in [0.25, 0.3) is 0 Å². The Labute approximate surface area is 128 Å². The van der Waals surface area contributed by atoms with Gasteiger partial charge in [0.15, 0.2) is 0 Å². The second-order valence-corrected chi connectivity index (χ2v) is 8.02. The van der Waals surface area contributed by atoms with Crippen LogP contribution in [0.5, 0.6) is 0 Å². The van der Waals surface area contributed by atoms with Crippen molar-refractivity contribution in [3.8, 4) is 0 Å². The summed E-state index contributed by atoms with van der Waals surface area (Å²) in [4.78, 5) is 2.75. The molecule has 118 valence electrons. The highest BCUT2D eigenvalue weighted by Gasteiger charge is 2.22. The lowest BCUT2D eigenvalue weighted by atomic mass is 10.1. The molecular formula is C16H26N2O2S. The molecule has 0 spiro atoms. The highest BCUT2D eigenvalue weighted by molar-refractivity contribution is 7.89. The quantitative estimate of drug-likeness (QED) is 0.838. The van der Waals surface area contributed by atoms with Gasteiger partial charge in [-0.3, -0.25) is 0 Å². The molecule has 2 rings (SSSR count). The fourth-order valence-electron chi connectivity index (χ4n) is 2.64. The highest BCUT2D eigenvalue weighted by atomic mass is 32.2. The fraction of sp³-hybridized carbons (Fsp3) is 0.625. The molecule has 0 aliphatic carbocycles. The van der Waals surface area contributed by atoms with Gasteiger partial charge in [-0.2, -0.15) is 4.31 Å². The Morgan fingerprint density at radius 2 is 1.76 bits per heavy atom. The molecule has 0 unspecified atom stereocenters. The Hall–Kier alpha value is -0.910. The smallest absolute Gasteiger partial charge is 0.242 e. The largest absolute Gasteiger partial charge is 0.302 e. The monoisotopic (exact) mass is 310 g/mol. The Morgan fingerprint density at radius 1 is 1.10 bits per heavy atom. The van der Waals surface area contributed by atoms with Gasteiger partial charge in [0.05, 0.1) is 4.90 Å². The van der Waals surface area contributed by atoms with Crippen molar-refractivity contribution in [2.75, 3.05) is 33.2 Å². The van der Waals surface area contributed by atoms with E-state index < -0.39 is 10.0 Å². The normalized spacial score (nSPS) is 17.3. The number of hydrogen-bond donors (Lipinski definition) is 0. The number of nitrogens with zero attached hydrogens (tertiary/aromatic N) is 2. The van der Waals surface area contributed by atoms with E-state index in [1.54, 1.807) is 19.2 Å². The Balaban J connectivity index is 2.02. The zero-order chi connectivity index (χ0) is 15.5. The van der Waals surface area contributed by atoms with E-state index in [4.69, 9.17) is 0 Å². The van der Waals surface area contributed by atoms with Gasteiger partial charge in [-0.15, -0.1) is 0 Å². The van der Waals surface area contributed by atoms with E-state index in [1.165, 1.54) is 23.6 Å². The molecule has 21 heavy (non-hydrogen) atoms. The molecule has 1 aliphatic rings. The second-order valence-electron chi connectivity index (χ2n) is 5.97. The summed E-state index contributed by atoms with van der Waals surface area (Å²) in [6.45, 7) is 7.50. The average Bonchev–Trinajstić information content (AvgIpc) is 2.48. The van der Waals surface area contributed by atoms with Crippen molar-refractivity contribution in [1.82, 2.24) is 9.21 Å². The number of piperidine rings is 1. The molecule has 0 amide bonds. The molecule has 0 saturated carbocycles. The molecule has 1 heterocycles. The van der Waals surface area contributed by atoms with Crippen LogP contribution in [0.2, 0.25) is 0 Å². The van der Waals surface area contributed by atoms with Gasteiger partial charge in [-0.05, 0) is 63.0 Å². The van der Waals surface area contributed by atoms with E-state index in [1.807, 2.05) is 19.9 Å². The van der Waals surface area contributed by atoms with E-state index in [0.29, 0.717) is 11.4 Å². The summed E-state index contributed by atoms with van der Waals surface area (Å²) in [5.41, 5.74) is 2.13. The van der Waals surface area contributed by atoms with Crippen LogP contribution in [0.3, 0.4) is 0 Å². The first-order valence-electron chi connectivity index (χ1n) is 7.67. The van der Waals surface area contributed by atoms with Crippen LogP contribution in [0.1, 0.15) is 30.4 Å². The van der Waals surface area contributed by atoms with Crippen molar-refractivity contribution in [2.45, 2.75) is 38.0 Å². The van der Waals surface area contributed by atoms with Gasteiger partial charge >= 0.3 is 0 Å². The minimum absolute atomic E-state index is 0.395. The maximum atomic E-state index is 12.6. The van der Waals surface area contributed by atoms with E-state index in [9.17, 15) is 8.42 Å². The van der Waals surface area contributed by atoms with E-state index >= 15 is 0 Å². The van der Waals surface area contributed by atoms with Gasteiger partial charge in [0, 0.05) is 20.1 Å². The van der Waals surface area contributed by atoms with Gasteiger partial charge in [0.1, 0.15) is 0 Å². The van der Waals surface area contributed by atoms with Crippen molar-refractivity contribution >= 4 is 10.0 Å². The van der Waals surface area contributed by atoms with Crippen LogP contribution in [0.15, 0.2) is 23.1 Å². The van der Waals surface area contributed by atoms with Crippen molar-refractivity contribution in [3.63, 3.8) is 0 Å². The molecule has 0 atom stereocenters. The predicted octanol–water partition coefficient (Wildman–Crippen LogP) is 2.41. The standard InChI is InChI=1S/C16H26N2O2S/c1-14-7-8-16(13-15(14)2)21(19,20)17(3)11-12-18-9-5-4-6-10-18/h7-8,13H,4-6,9-12H2,1-3H3. The first-order valence-corrected chi connectivity index (χ1v) is 9.11. The fourth-order valence-corrected chi connectivity index (χ4v) is 3.89. The zero-order valence-corrected chi connectivity index (χ0v) is 14.1. The Kier molecular flexibility index (Phi) is 5.41. The summed E-state index contributed by atoms with van der Waals surface area (Å²) in [5.74, 6) is 0. The molecule has 1 aliphatic heterocycles. The third-order valence-electron chi connectivity index (χ3n) is 4.37. The number of hydrogen-bond acceptors (Lipinski definition) is 3. The zero-order valence-electron chi connectivity index (χ0n) is 13.3. The number of likely N-dealkylation sites (N-methyl/N-ethyl adjacent to an activating group) is 1. The van der Waals surface area contributed by atoms with E-state index in [0.717, 1.165) is 30.8 Å². The van der Waals surface area contributed by atoms with Crippen LogP contribution in [0, 0.1) is 13.8 Å². The van der Waals surface area contributed by atoms with E-state index in [-0.39, 0.29) is 0 Å². The maximum absolute atomic E-state index is 12.6. The van der Waals surface area contributed by atoms with Crippen LogP contribution >= 0.6 is 0 Å². The third-order valence-corrected chi connectivity index (χ3v) is 6.22. The van der Waals surface area contributed by atoms with Crippen LogP contribution in [0.25, 0.3) is 0 Å². The lowest BCUT2D eigenvalue weighted by Crippen LogP contribution is -2.38. The first kappa shape index (κ1) is 16.5. The number of sulfonamides is 1. The SMILES string of the molecule is Cc1ccc(S(=O)(=O)N(C)CCN2CCCCC2)cc1C. The summed E-state index contributed by atoms with van der Waals surface area (Å²) in [7, 11) is -1.70. The topological polar surface area (TPSA) is 40.6 Å². The van der Waals surface area contributed by atoms with Crippen LogP contribution in [0.4, 0.5) is 0 Å². The van der Waals surface area contributed by atoms with Crippen LogP contribution in [-0.2, 0) is 10.0 Å². The molecule has 0 N–H and O–H groups in total. The summed E-state index contributed by atoms with van der Waals surface area (Å²) in [6.07, 6.45) is 3.76. The van der Waals surface area contributed by atoms with Crippen molar-refractivity contribution in [3.05, 3.63) is 29.3 Å². The lowest BCUT2D eigenvalue weighted by molar-refractivity contribution is 0.218. The van der Waals surface area contributed by atoms with Crippen molar-refractivity contribution in [1.29, 1.82) is 0 Å². The molecule has 0 aromatic heterocycles. The van der Waals surface area contributed by atoms with Crippen LogP contribution < -0.4 is 0 Å². The molecule has 1 saturated heterocycles. The lowest BCUT2D eigenvalue weighted by Gasteiger charge is -2.28. The highest BCUT2D eigenvalue weighted by Crippen LogP contribution is 2.18. The minimum atomic E-state index is -3.37. The number of rotatable bonds is 5. The minimum Gasteiger partial charge on any atom is -0.302 e. The third kappa shape index (κ3) is 4.05. The average molecular weight is 310 g/mol. The summed E-state index contributed by atoms with van der Waals surface area (Å²) in [5, 5.41) is 0. The Bertz CT molecular complexity index is 578. The first-order chi connectivity index (χ1) is 9.91. The van der Waals surface area contributed by atoms with Crippen molar-refractivity contribution in [2.24, 2.45) is 0 Å². The summed E-state index contributed by atoms with van der Waals surface area (Å²) >= 11 is 0. The van der Waals surface area contributed by atoms with Gasteiger partial charge in [0.2, 0.25) is 10.0 Å². The second kappa shape index (κ2) is 6.90. The number of likely N-dealkylation sites (tertiary alicyclic amines) is 1.